The average molecular weight is 703 g/mol. The molecule has 5 rings (SSSR count). The molecule has 2 aliphatic rings. The second kappa shape index (κ2) is 14.5. The molecule has 2 aliphatic heterocycles. The van der Waals surface area contributed by atoms with Crippen LogP contribution in [0.15, 0.2) is 70.0 Å². The maximum absolute atomic E-state index is 13.4. The van der Waals surface area contributed by atoms with Gasteiger partial charge in [-0.2, -0.15) is 4.98 Å². The Morgan fingerprint density at radius 2 is 2.00 bits per heavy atom. The van der Waals surface area contributed by atoms with Gasteiger partial charge in [-0.05, 0) is 71.4 Å². The minimum Gasteiger partial charge on any atom is -0.493 e. The fraction of sp³-hybridized carbons (Fsp3) is 0.355. The Balaban J connectivity index is 1.47. The number of amides is 1. The molecule has 3 heterocycles. The smallest absolute Gasteiger partial charge is 0.338 e. The summed E-state index contributed by atoms with van der Waals surface area (Å²) in [7, 11) is 1.53. The summed E-state index contributed by atoms with van der Waals surface area (Å²) < 4.78 is 19.4. The van der Waals surface area contributed by atoms with Gasteiger partial charge >= 0.3 is 5.97 Å². The van der Waals surface area contributed by atoms with Gasteiger partial charge in [-0.1, -0.05) is 54.2 Å². The number of nitrogens with one attached hydrogen (secondary N) is 1. The van der Waals surface area contributed by atoms with Crippen molar-refractivity contribution in [3.8, 4) is 11.5 Å². The van der Waals surface area contributed by atoms with Crippen LogP contribution in [0.2, 0.25) is 5.02 Å². The van der Waals surface area contributed by atoms with E-state index in [9.17, 15) is 9.59 Å². The van der Waals surface area contributed by atoms with E-state index in [0.717, 1.165) is 37.9 Å². The number of methoxy groups -OCH3 is 1. The number of esters is 1. The molecule has 1 N–H and O–H groups in total. The van der Waals surface area contributed by atoms with Crippen molar-refractivity contribution in [2.45, 2.75) is 43.1 Å². The Bertz CT molecular complexity index is 1590. The van der Waals surface area contributed by atoms with Crippen molar-refractivity contribution in [3.63, 3.8) is 0 Å². The van der Waals surface area contributed by atoms with Crippen LogP contribution in [0.3, 0.4) is 0 Å². The van der Waals surface area contributed by atoms with Crippen LogP contribution in [0.5, 0.6) is 11.5 Å². The van der Waals surface area contributed by atoms with Gasteiger partial charge in [0.25, 0.3) is 5.91 Å². The molecule has 10 nitrogen and oxygen atoms in total. The van der Waals surface area contributed by atoms with Crippen molar-refractivity contribution in [2.24, 2.45) is 0 Å². The van der Waals surface area contributed by atoms with Crippen LogP contribution in [0.1, 0.15) is 43.4 Å². The molecule has 13 heteroatoms. The molecular weight excluding hydrogens is 670 g/mol. The lowest BCUT2D eigenvalue weighted by Gasteiger charge is -2.29. The summed E-state index contributed by atoms with van der Waals surface area (Å²) in [6.07, 6.45) is 4.64. The number of carbonyl (C=O) groups is 2. The summed E-state index contributed by atoms with van der Waals surface area (Å²) in [5.41, 5.74) is 2.56. The number of halogens is 2. The number of piperidine rings is 1. The minimum atomic E-state index is -0.708. The number of nitrogens with zero attached hydrogens (tertiary/aromatic N) is 4. The highest BCUT2D eigenvalue weighted by molar-refractivity contribution is 9.10. The summed E-state index contributed by atoms with van der Waals surface area (Å²) in [4.78, 5) is 32.7. The van der Waals surface area contributed by atoms with Crippen molar-refractivity contribution in [3.05, 3.63) is 80.9 Å². The van der Waals surface area contributed by atoms with Crippen LogP contribution >= 0.6 is 39.3 Å². The third-order valence-corrected chi connectivity index (χ3v) is 9.16. The van der Waals surface area contributed by atoms with Gasteiger partial charge in [-0.15, -0.1) is 5.10 Å². The van der Waals surface area contributed by atoms with Gasteiger partial charge < -0.3 is 24.4 Å². The highest BCUT2D eigenvalue weighted by atomic mass is 79.9. The Morgan fingerprint density at radius 3 is 2.73 bits per heavy atom. The molecule has 232 valence electrons. The van der Waals surface area contributed by atoms with E-state index in [1.807, 2.05) is 35.2 Å². The number of anilines is 1. The molecule has 1 unspecified atom stereocenters. The SMILES string of the molecule is C=CCOC(=O)C1=C(C)Nc2nc(SCc3ccccc3Cl)nn2C1c1cc(Br)c(OCC(=O)N2CCCCC2)c(OC)c1. The van der Waals surface area contributed by atoms with Crippen LogP contribution in [0.25, 0.3) is 0 Å². The van der Waals surface area contributed by atoms with Crippen LogP contribution in [-0.2, 0) is 20.1 Å². The molecule has 1 amide bonds. The molecule has 0 radical (unpaired) electrons. The Kier molecular flexibility index (Phi) is 10.5. The summed E-state index contributed by atoms with van der Waals surface area (Å²) in [5, 5.41) is 9.17. The highest BCUT2D eigenvalue weighted by Gasteiger charge is 2.36. The number of benzene rings is 2. The summed E-state index contributed by atoms with van der Waals surface area (Å²) in [6, 6.07) is 10.5. The first-order chi connectivity index (χ1) is 21.3. The molecule has 0 bridgehead atoms. The number of allylic oxidation sites excluding steroid dienone is 1. The molecule has 0 saturated carbocycles. The fourth-order valence-corrected chi connectivity index (χ4v) is 6.83. The van der Waals surface area contributed by atoms with Crippen LogP contribution in [0, 0.1) is 0 Å². The van der Waals surface area contributed by atoms with Crippen LogP contribution in [-0.4, -0.2) is 65.0 Å². The van der Waals surface area contributed by atoms with Gasteiger partial charge in [-0.25, -0.2) is 9.48 Å². The number of rotatable bonds is 11. The Morgan fingerprint density at radius 1 is 1.23 bits per heavy atom. The molecule has 44 heavy (non-hydrogen) atoms. The number of aromatic nitrogens is 3. The molecular formula is C31H33BrClN5O5S. The number of hydrogen-bond acceptors (Lipinski definition) is 9. The van der Waals surface area contributed by atoms with Crippen molar-refractivity contribution in [2.75, 3.05) is 38.7 Å². The van der Waals surface area contributed by atoms with Gasteiger partial charge in [0.1, 0.15) is 12.6 Å². The lowest BCUT2D eigenvalue weighted by Crippen LogP contribution is -2.38. The third-order valence-electron chi connectivity index (χ3n) is 7.32. The van der Waals surface area contributed by atoms with Crippen LogP contribution < -0.4 is 14.8 Å². The predicted molar refractivity (Wildman–Crippen MR) is 173 cm³/mol. The van der Waals surface area contributed by atoms with E-state index in [-0.39, 0.29) is 19.1 Å². The monoisotopic (exact) mass is 701 g/mol. The van der Waals surface area contributed by atoms with Crippen molar-refractivity contribution in [1.29, 1.82) is 0 Å². The number of carbonyl (C=O) groups excluding carboxylic acids is 2. The first-order valence-electron chi connectivity index (χ1n) is 14.2. The van der Waals surface area contributed by atoms with Gasteiger partial charge in [0.2, 0.25) is 11.1 Å². The Labute approximate surface area is 273 Å². The third kappa shape index (κ3) is 7.08. The molecule has 3 aromatic rings. The topological polar surface area (TPSA) is 108 Å². The zero-order valence-electron chi connectivity index (χ0n) is 24.5. The van der Waals surface area contributed by atoms with Gasteiger partial charge in [0.15, 0.2) is 18.1 Å². The van der Waals surface area contributed by atoms with Crippen molar-refractivity contribution in [1.82, 2.24) is 19.7 Å². The van der Waals surface area contributed by atoms with Crippen molar-refractivity contribution >= 4 is 57.1 Å². The second-order valence-electron chi connectivity index (χ2n) is 10.3. The van der Waals surface area contributed by atoms with Gasteiger partial charge in [0.05, 0.1) is 17.2 Å². The number of fused-ring (bicyclic) bond motifs is 1. The second-order valence-corrected chi connectivity index (χ2v) is 12.5. The number of likely N-dealkylation sites (tertiary alicyclic amines) is 1. The first kappa shape index (κ1) is 31.9. The van der Waals surface area contributed by atoms with E-state index in [1.165, 1.54) is 24.9 Å². The zero-order chi connectivity index (χ0) is 31.2. The van der Waals surface area contributed by atoms with E-state index in [4.69, 9.17) is 35.9 Å². The average Bonchev–Trinajstić information content (AvgIpc) is 3.44. The van der Waals surface area contributed by atoms with E-state index < -0.39 is 12.0 Å². The molecule has 1 atom stereocenters. The number of ether oxygens (including phenoxy) is 3. The number of hydrogen-bond donors (Lipinski definition) is 1. The van der Waals surface area contributed by atoms with Crippen LogP contribution in [0.4, 0.5) is 5.95 Å². The van der Waals surface area contributed by atoms with E-state index >= 15 is 0 Å². The molecule has 0 aliphatic carbocycles. The van der Waals surface area contributed by atoms with E-state index in [2.05, 4.69) is 27.8 Å². The lowest BCUT2D eigenvalue weighted by atomic mass is 9.95. The molecule has 1 saturated heterocycles. The summed E-state index contributed by atoms with van der Waals surface area (Å²) in [5.74, 6) is 1.23. The van der Waals surface area contributed by atoms with Crippen molar-refractivity contribution < 1.29 is 23.8 Å². The standard InChI is InChI=1S/C31H33BrClN5O5S/c1-4-14-42-29(40)26-19(2)34-30-35-31(44-18-20-10-6-7-11-23(20)33)36-38(30)27(26)21-15-22(32)28(24(16-21)41-3)43-17-25(39)37-12-8-5-9-13-37/h4,6-7,10-11,15-16,27H,1,5,8-9,12-14,17-18H2,2-3H3,(H,34,35,36). The zero-order valence-corrected chi connectivity index (χ0v) is 27.6. The highest BCUT2D eigenvalue weighted by Crippen LogP contribution is 2.43. The lowest BCUT2D eigenvalue weighted by molar-refractivity contribution is -0.138. The molecule has 1 aromatic heterocycles. The minimum absolute atomic E-state index is 0.0519. The van der Waals surface area contributed by atoms with E-state index in [0.29, 0.717) is 54.7 Å². The summed E-state index contributed by atoms with van der Waals surface area (Å²) >= 11 is 11.4. The molecule has 0 spiro atoms. The quantitative estimate of drug-likeness (QED) is 0.138. The Hall–Kier alpha value is -3.48. The molecule has 2 aromatic carbocycles. The normalized spacial score (nSPS) is 16.2. The number of thioether (sulfide) groups is 1. The maximum atomic E-state index is 13.4. The largest absolute Gasteiger partial charge is 0.493 e. The van der Waals surface area contributed by atoms with E-state index in [1.54, 1.807) is 17.7 Å². The maximum Gasteiger partial charge on any atom is 0.338 e. The first-order valence-corrected chi connectivity index (χ1v) is 16.3. The van der Waals surface area contributed by atoms with Gasteiger partial charge in [0, 0.05) is 29.6 Å². The predicted octanol–water partition coefficient (Wildman–Crippen LogP) is 6.40. The fourth-order valence-electron chi connectivity index (χ4n) is 5.14. The van der Waals surface area contributed by atoms with Gasteiger partial charge in [-0.3, -0.25) is 4.79 Å². The summed E-state index contributed by atoms with van der Waals surface area (Å²) in [6.45, 7) is 6.87. The molecule has 1 fully saturated rings.